The number of aliphatic hydroxyl groups excluding tert-OH is 1. The van der Waals surface area contributed by atoms with Crippen LogP contribution in [0.3, 0.4) is 0 Å². The van der Waals surface area contributed by atoms with E-state index in [0.29, 0.717) is 0 Å². The van der Waals surface area contributed by atoms with Crippen LogP contribution in [0.4, 0.5) is 0 Å². The van der Waals surface area contributed by atoms with Crippen LogP contribution in [0.5, 0.6) is 0 Å². The molecule has 1 saturated heterocycles. The number of sulfone groups is 1. The molecule has 26 heavy (non-hydrogen) atoms. The van der Waals surface area contributed by atoms with Crippen LogP contribution in [-0.2, 0) is 14.6 Å². The Kier molecular flexibility index (Phi) is 5.37. The molecule has 1 aromatic heterocycles. The highest BCUT2D eigenvalue weighted by atomic mass is 127. The molecule has 1 aliphatic heterocycles. The Labute approximate surface area is 162 Å². The molecular weight excluding hydrogens is 475 g/mol. The summed E-state index contributed by atoms with van der Waals surface area (Å²) in [7, 11) is -3.66. The van der Waals surface area contributed by atoms with Crippen LogP contribution in [0.15, 0.2) is 44.9 Å². The summed E-state index contributed by atoms with van der Waals surface area (Å²) < 4.78 is 32.2. The summed E-state index contributed by atoms with van der Waals surface area (Å²) >= 11 is 1.78. The molecule has 2 heterocycles. The van der Waals surface area contributed by atoms with Crippen molar-refractivity contribution in [3.8, 4) is 0 Å². The lowest BCUT2D eigenvalue weighted by Crippen LogP contribution is -2.34. The number of halogens is 1. The number of aliphatic hydroxyl groups is 1. The number of hydrogen-bond acceptors (Lipinski definition) is 6. The van der Waals surface area contributed by atoms with E-state index in [1.54, 1.807) is 34.7 Å². The van der Waals surface area contributed by atoms with E-state index < -0.39 is 45.3 Å². The molecule has 0 radical (unpaired) electrons. The summed E-state index contributed by atoms with van der Waals surface area (Å²) in [6.07, 6.45) is -1.48. The predicted molar refractivity (Wildman–Crippen MR) is 102 cm³/mol. The Hall–Kier alpha value is -1.50. The number of hydrogen-bond donors (Lipinski definition) is 2. The number of aromatic amines is 1. The first-order valence-electron chi connectivity index (χ1n) is 7.81. The van der Waals surface area contributed by atoms with E-state index in [1.807, 2.05) is 6.92 Å². The lowest BCUT2D eigenvalue weighted by Gasteiger charge is -2.16. The predicted octanol–water partition coefficient (Wildman–Crippen LogP) is 0.572. The van der Waals surface area contributed by atoms with Crippen molar-refractivity contribution in [2.45, 2.75) is 36.7 Å². The lowest BCUT2D eigenvalue weighted by atomic mass is 10.2. The Balaban J connectivity index is 1.81. The van der Waals surface area contributed by atoms with E-state index in [2.05, 4.69) is 4.98 Å². The molecule has 1 fully saturated rings. The quantitative estimate of drug-likeness (QED) is 0.603. The van der Waals surface area contributed by atoms with Gasteiger partial charge in [0.1, 0.15) is 12.3 Å². The van der Waals surface area contributed by atoms with Crippen molar-refractivity contribution >= 4 is 32.4 Å². The molecule has 0 bridgehead atoms. The van der Waals surface area contributed by atoms with E-state index in [9.17, 15) is 23.1 Å². The molecule has 1 aromatic carbocycles. The van der Waals surface area contributed by atoms with Gasteiger partial charge in [-0.05, 0) is 41.6 Å². The van der Waals surface area contributed by atoms with Gasteiger partial charge < -0.3 is 9.84 Å². The van der Waals surface area contributed by atoms with Gasteiger partial charge >= 0.3 is 5.69 Å². The van der Waals surface area contributed by atoms with Gasteiger partial charge in [0.25, 0.3) is 5.56 Å². The SMILES string of the molecule is Cc1ccc(S(=O)(=O)C[C@@H]2O[C@H](n3cc(I)c(=O)[nH]c3=O)C[C@H]2O)cc1. The normalized spacial score (nSPS) is 23.3. The largest absolute Gasteiger partial charge is 0.390 e. The monoisotopic (exact) mass is 492 g/mol. The highest BCUT2D eigenvalue weighted by Gasteiger charge is 2.38. The summed E-state index contributed by atoms with van der Waals surface area (Å²) in [5.41, 5.74) is -0.244. The lowest BCUT2D eigenvalue weighted by molar-refractivity contribution is -0.00846. The molecule has 140 valence electrons. The molecule has 3 rings (SSSR count). The average Bonchev–Trinajstić information content (AvgIpc) is 2.91. The average molecular weight is 492 g/mol. The third-order valence-electron chi connectivity index (χ3n) is 4.20. The fourth-order valence-corrected chi connectivity index (χ4v) is 4.68. The van der Waals surface area contributed by atoms with Gasteiger partial charge in [-0.1, -0.05) is 17.7 Å². The minimum absolute atomic E-state index is 0.0517. The molecule has 0 unspecified atom stereocenters. The van der Waals surface area contributed by atoms with Crippen molar-refractivity contribution in [2.75, 3.05) is 5.75 Å². The number of nitrogens with zero attached hydrogens (tertiary/aromatic N) is 1. The van der Waals surface area contributed by atoms with Gasteiger partial charge in [-0.15, -0.1) is 0 Å². The van der Waals surface area contributed by atoms with Crippen LogP contribution < -0.4 is 11.2 Å². The third kappa shape index (κ3) is 3.92. The maximum absolute atomic E-state index is 12.5. The summed E-state index contributed by atoms with van der Waals surface area (Å²) in [6.45, 7) is 1.86. The first-order chi connectivity index (χ1) is 12.2. The summed E-state index contributed by atoms with van der Waals surface area (Å²) in [6, 6.07) is 6.42. The first kappa shape index (κ1) is 19.3. The van der Waals surface area contributed by atoms with Crippen LogP contribution in [0, 0.1) is 10.5 Å². The van der Waals surface area contributed by atoms with Crippen molar-refractivity contribution < 1.29 is 18.3 Å². The van der Waals surface area contributed by atoms with Crippen molar-refractivity contribution in [1.82, 2.24) is 9.55 Å². The van der Waals surface area contributed by atoms with Crippen molar-refractivity contribution in [3.63, 3.8) is 0 Å². The van der Waals surface area contributed by atoms with Gasteiger partial charge in [0.05, 0.1) is 20.3 Å². The maximum atomic E-state index is 12.5. The zero-order valence-electron chi connectivity index (χ0n) is 13.8. The van der Waals surface area contributed by atoms with Crippen molar-refractivity contribution in [1.29, 1.82) is 0 Å². The van der Waals surface area contributed by atoms with E-state index in [4.69, 9.17) is 4.74 Å². The highest BCUT2D eigenvalue weighted by molar-refractivity contribution is 14.1. The zero-order valence-corrected chi connectivity index (χ0v) is 16.7. The Morgan fingerprint density at radius 3 is 2.62 bits per heavy atom. The van der Waals surface area contributed by atoms with E-state index in [0.717, 1.165) is 10.1 Å². The van der Waals surface area contributed by atoms with E-state index >= 15 is 0 Å². The smallest absolute Gasteiger partial charge is 0.330 e. The second-order valence-electron chi connectivity index (χ2n) is 6.17. The Bertz CT molecular complexity index is 1030. The van der Waals surface area contributed by atoms with Crippen LogP contribution in [-0.4, -0.2) is 41.0 Å². The number of rotatable bonds is 4. The summed E-state index contributed by atoms with van der Waals surface area (Å²) in [5.74, 6) is -0.400. The third-order valence-corrected chi connectivity index (χ3v) is 6.73. The van der Waals surface area contributed by atoms with Crippen molar-refractivity contribution in [2.24, 2.45) is 0 Å². The van der Waals surface area contributed by atoms with E-state index in [-0.39, 0.29) is 14.9 Å². The molecule has 0 saturated carbocycles. The zero-order chi connectivity index (χ0) is 19.1. The summed E-state index contributed by atoms with van der Waals surface area (Å²) in [5, 5.41) is 10.2. The van der Waals surface area contributed by atoms with Crippen LogP contribution >= 0.6 is 22.6 Å². The fourth-order valence-electron chi connectivity index (χ4n) is 2.77. The Morgan fingerprint density at radius 1 is 1.31 bits per heavy atom. The molecule has 10 heteroatoms. The van der Waals surface area contributed by atoms with Gasteiger partial charge in [-0.25, -0.2) is 13.2 Å². The molecule has 2 N–H and O–H groups in total. The number of H-pyrrole nitrogens is 1. The Morgan fingerprint density at radius 2 is 1.96 bits per heavy atom. The minimum Gasteiger partial charge on any atom is -0.390 e. The number of benzene rings is 1. The molecule has 2 aromatic rings. The van der Waals surface area contributed by atoms with Gasteiger partial charge in [-0.3, -0.25) is 14.3 Å². The molecule has 1 aliphatic rings. The fraction of sp³-hybridized carbons (Fsp3) is 0.375. The van der Waals surface area contributed by atoms with E-state index in [1.165, 1.54) is 18.3 Å². The second-order valence-corrected chi connectivity index (χ2v) is 9.37. The maximum Gasteiger partial charge on any atom is 0.330 e. The molecular formula is C16H17IN2O6S. The van der Waals surface area contributed by atoms with Gasteiger partial charge in [0.2, 0.25) is 0 Å². The number of aromatic nitrogens is 2. The standard InChI is InChI=1S/C16H17IN2O6S/c1-9-2-4-10(5-3-9)26(23,24)8-13-12(20)6-14(25-13)19-7-11(17)15(21)18-16(19)22/h2-5,7,12-14,20H,6,8H2,1H3,(H,18,21,22)/t12-,13+,14+/m1/s1. The van der Waals surface area contributed by atoms with Crippen molar-refractivity contribution in [3.05, 3.63) is 60.4 Å². The van der Waals surface area contributed by atoms with Gasteiger partial charge in [0.15, 0.2) is 9.84 Å². The molecule has 0 spiro atoms. The molecule has 3 atom stereocenters. The number of ether oxygens (including phenoxy) is 1. The van der Waals surface area contributed by atoms with Gasteiger partial charge in [-0.2, -0.15) is 0 Å². The second kappa shape index (κ2) is 7.25. The number of nitrogens with one attached hydrogen (secondary N) is 1. The van der Waals surface area contributed by atoms with Crippen LogP contribution in [0.25, 0.3) is 0 Å². The van der Waals surface area contributed by atoms with Crippen LogP contribution in [0.1, 0.15) is 18.2 Å². The number of aryl methyl sites for hydroxylation is 1. The first-order valence-corrected chi connectivity index (χ1v) is 10.5. The molecule has 0 aliphatic carbocycles. The molecule has 0 amide bonds. The minimum atomic E-state index is -3.66. The topological polar surface area (TPSA) is 118 Å². The van der Waals surface area contributed by atoms with Crippen LogP contribution in [0.2, 0.25) is 0 Å². The highest BCUT2D eigenvalue weighted by Crippen LogP contribution is 2.29. The summed E-state index contributed by atoms with van der Waals surface area (Å²) in [4.78, 5) is 25.7. The molecule has 8 nitrogen and oxygen atoms in total. The van der Waals surface area contributed by atoms with Gasteiger partial charge in [0, 0.05) is 12.6 Å².